The van der Waals surface area contributed by atoms with Gasteiger partial charge in [-0.25, -0.2) is 0 Å². The summed E-state index contributed by atoms with van der Waals surface area (Å²) >= 11 is 0. The number of hydrogen-bond donors (Lipinski definition) is 1. The maximum Gasteiger partial charge on any atom is 0.251 e. The Morgan fingerprint density at radius 1 is 1.29 bits per heavy atom. The summed E-state index contributed by atoms with van der Waals surface area (Å²) < 4.78 is 0. The fourth-order valence-corrected chi connectivity index (χ4v) is 1.56. The van der Waals surface area contributed by atoms with Gasteiger partial charge in [0.15, 0.2) is 0 Å². The number of hydrogen-bond acceptors (Lipinski definition) is 2. The molecule has 3 heteroatoms. The van der Waals surface area contributed by atoms with Crippen molar-refractivity contribution in [2.24, 2.45) is 5.41 Å². The first kappa shape index (κ1) is 13.4. The highest BCUT2D eigenvalue weighted by Gasteiger charge is 2.25. The third-order valence-corrected chi connectivity index (χ3v) is 2.72. The van der Waals surface area contributed by atoms with Gasteiger partial charge in [0.1, 0.15) is 6.29 Å². The van der Waals surface area contributed by atoms with Crippen molar-refractivity contribution in [1.82, 2.24) is 5.32 Å². The van der Waals surface area contributed by atoms with E-state index in [1.807, 2.05) is 39.0 Å². The second-order valence-electron chi connectivity index (χ2n) is 5.16. The van der Waals surface area contributed by atoms with Crippen LogP contribution < -0.4 is 5.32 Å². The Balaban J connectivity index is 2.75. The summed E-state index contributed by atoms with van der Waals surface area (Å²) in [6.45, 7) is 6.02. The Bertz CT molecular complexity index is 379. The highest BCUT2D eigenvalue weighted by Crippen LogP contribution is 2.21. The number of amides is 1. The summed E-state index contributed by atoms with van der Waals surface area (Å²) in [4.78, 5) is 22.6. The first-order chi connectivity index (χ1) is 7.95. The van der Waals surface area contributed by atoms with Gasteiger partial charge in [0.05, 0.1) is 0 Å². The molecule has 0 spiro atoms. The van der Waals surface area contributed by atoms with Crippen LogP contribution in [0.1, 0.15) is 37.6 Å². The maximum atomic E-state index is 11.9. The van der Waals surface area contributed by atoms with E-state index in [0.717, 1.165) is 6.29 Å². The van der Waals surface area contributed by atoms with Gasteiger partial charge in [0.2, 0.25) is 0 Å². The van der Waals surface area contributed by atoms with Gasteiger partial charge in [-0.1, -0.05) is 39.0 Å². The number of carbonyl (C=O) groups is 2. The summed E-state index contributed by atoms with van der Waals surface area (Å²) in [7, 11) is 0. The van der Waals surface area contributed by atoms with Crippen molar-refractivity contribution in [3.8, 4) is 0 Å². The zero-order valence-corrected chi connectivity index (χ0v) is 10.6. The molecule has 0 unspecified atom stereocenters. The van der Waals surface area contributed by atoms with Crippen molar-refractivity contribution in [2.75, 3.05) is 0 Å². The quantitative estimate of drug-likeness (QED) is 0.812. The first-order valence-corrected chi connectivity index (χ1v) is 5.74. The molecule has 3 nitrogen and oxygen atoms in total. The summed E-state index contributed by atoms with van der Waals surface area (Å²) in [5, 5.41) is 2.90. The Labute approximate surface area is 102 Å². The monoisotopic (exact) mass is 233 g/mol. The van der Waals surface area contributed by atoms with Crippen LogP contribution in [0.2, 0.25) is 0 Å². The Morgan fingerprint density at radius 3 is 2.35 bits per heavy atom. The second kappa shape index (κ2) is 5.62. The van der Waals surface area contributed by atoms with Gasteiger partial charge in [-0.3, -0.25) is 4.79 Å². The minimum atomic E-state index is -0.146. The van der Waals surface area contributed by atoms with Crippen molar-refractivity contribution < 1.29 is 9.59 Å². The Morgan fingerprint density at radius 2 is 1.88 bits per heavy atom. The lowest BCUT2D eigenvalue weighted by Gasteiger charge is -2.30. The second-order valence-corrected chi connectivity index (χ2v) is 5.16. The van der Waals surface area contributed by atoms with Crippen LogP contribution in [-0.4, -0.2) is 18.2 Å². The van der Waals surface area contributed by atoms with E-state index >= 15 is 0 Å². The lowest BCUT2D eigenvalue weighted by molar-refractivity contribution is -0.108. The van der Waals surface area contributed by atoms with Gasteiger partial charge < -0.3 is 10.1 Å². The average Bonchev–Trinajstić information content (AvgIpc) is 2.28. The molecule has 92 valence electrons. The number of carbonyl (C=O) groups excluding carboxylic acids is 2. The highest BCUT2D eigenvalue weighted by molar-refractivity contribution is 5.94. The predicted octanol–water partition coefficient (Wildman–Crippen LogP) is 2.42. The van der Waals surface area contributed by atoms with Crippen molar-refractivity contribution in [2.45, 2.75) is 33.2 Å². The number of aldehydes is 1. The zero-order valence-electron chi connectivity index (χ0n) is 10.6. The van der Waals surface area contributed by atoms with E-state index in [2.05, 4.69) is 5.32 Å². The van der Waals surface area contributed by atoms with Crippen LogP contribution in [0.5, 0.6) is 0 Å². The van der Waals surface area contributed by atoms with E-state index in [9.17, 15) is 9.59 Å². The lowest BCUT2D eigenvalue weighted by Crippen LogP contribution is -2.43. The average molecular weight is 233 g/mol. The van der Waals surface area contributed by atoms with Crippen LogP contribution in [0.4, 0.5) is 0 Å². The molecule has 1 aromatic carbocycles. The minimum Gasteiger partial charge on any atom is -0.348 e. The molecule has 17 heavy (non-hydrogen) atoms. The van der Waals surface area contributed by atoms with Crippen LogP contribution in [0.15, 0.2) is 30.3 Å². The van der Waals surface area contributed by atoms with Gasteiger partial charge in [0, 0.05) is 18.0 Å². The molecule has 0 radical (unpaired) electrons. The van der Waals surface area contributed by atoms with Crippen LogP contribution in [0.25, 0.3) is 0 Å². The lowest BCUT2D eigenvalue weighted by atomic mass is 9.85. The molecule has 0 saturated heterocycles. The summed E-state index contributed by atoms with van der Waals surface area (Å²) in [6, 6.07) is 8.88. The molecular weight excluding hydrogens is 214 g/mol. The van der Waals surface area contributed by atoms with Gasteiger partial charge >= 0.3 is 0 Å². The molecule has 0 fully saturated rings. The van der Waals surface area contributed by atoms with E-state index in [0.29, 0.717) is 12.0 Å². The summed E-state index contributed by atoms with van der Waals surface area (Å²) in [6.07, 6.45) is 1.18. The summed E-state index contributed by atoms with van der Waals surface area (Å²) in [5.74, 6) is -0.132. The molecule has 1 atom stereocenters. The maximum absolute atomic E-state index is 11.9. The molecule has 0 aliphatic rings. The highest BCUT2D eigenvalue weighted by atomic mass is 16.1. The van der Waals surface area contributed by atoms with Gasteiger partial charge in [-0.15, -0.1) is 0 Å². The molecule has 0 aliphatic carbocycles. The smallest absolute Gasteiger partial charge is 0.251 e. The third kappa shape index (κ3) is 4.02. The molecule has 0 aliphatic heterocycles. The largest absolute Gasteiger partial charge is 0.348 e. The summed E-state index contributed by atoms with van der Waals surface area (Å²) in [5.41, 5.74) is 0.485. The normalized spacial score (nSPS) is 12.9. The van der Waals surface area contributed by atoms with E-state index < -0.39 is 0 Å². The van der Waals surface area contributed by atoms with Crippen LogP contribution >= 0.6 is 0 Å². The van der Waals surface area contributed by atoms with Gasteiger partial charge in [-0.05, 0) is 17.5 Å². The van der Waals surface area contributed by atoms with E-state index in [1.54, 1.807) is 12.1 Å². The van der Waals surface area contributed by atoms with Gasteiger partial charge in [0.25, 0.3) is 5.91 Å². The van der Waals surface area contributed by atoms with Crippen molar-refractivity contribution in [3.63, 3.8) is 0 Å². The first-order valence-electron chi connectivity index (χ1n) is 5.74. The fraction of sp³-hybridized carbons (Fsp3) is 0.429. The molecule has 0 aromatic heterocycles. The molecule has 0 heterocycles. The predicted molar refractivity (Wildman–Crippen MR) is 67.8 cm³/mol. The molecule has 1 amide bonds. The van der Waals surface area contributed by atoms with Crippen LogP contribution in [0.3, 0.4) is 0 Å². The minimum absolute atomic E-state index is 0.132. The van der Waals surface area contributed by atoms with Gasteiger partial charge in [-0.2, -0.15) is 0 Å². The molecule has 1 rings (SSSR count). The molecule has 1 aromatic rings. The SMILES string of the molecule is CC(C)(C)[C@@H](CC=O)NC(=O)c1ccccc1. The zero-order chi connectivity index (χ0) is 12.9. The van der Waals surface area contributed by atoms with Crippen LogP contribution in [0, 0.1) is 5.41 Å². The molecular formula is C14H19NO2. The Kier molecular flexibility index (Phi) is 4.44. The molecule has 0 saturated carbocycles. The topological polar surface area (TPSA) is 46.2 Å². The third-order valence-electron chi connectivity index (χ3n) is 2.72. The van der Waals surface area contributed by atoms with E-state index in [-0.39, 0.29) is 17.4 Å². The van der Waals surface area contributed by atoms with E-state index in [1.165, 1.54) is 0 Å². The van der Waals surface area contributed by atoms with Crippen molar-refractivity contribution in [3.05, 3.63) is 35.9 Å². The number of rotatable bonds is 4. The van der Waals surface area contributed by atoms with Crippen molar-refractivity contribution in [1.29, 1.82) is 0 Å². The Hall–Kier alpha value is -1.64. The standard InChI is InChI=1S/C14H19NO2/c1-14(2,3)12(9-10-16)15-13(17)11-7-5-4-6-8-11/h4-8,10,12H,9H2,1-3H3,(H,15,17)/t12-/m1/s1. The number of nitrogens with one attached hydrogen (secondary N) is 1. The van der Waals surface area contributed by atoms with Crippen molar-refractivity contribution >= 4 is 12.2 Å². The van der Waals surface area contributed by atoms with E-state index in [4.69, 9.17) is 0 Å². The molecule has 0 bridgehead atoms. The fourth-order valence-electron chi connectivity index (χ4n) is 1.56. The number of benzene rings is 1. The molecule has 1 N–H and O–H groups in total. The van der Waals surface area contributed by atoms with Crippen LogP contribution in [-0.2, 0) is 4.79 Å².